The molecule has 3 rings (SSSR count). The Balaban J connectivity index is 1.80. The maximum Gasteiger partial charge on any atom is 0.268 e. The molecule has 1 atom stereocenters. The van der Waals surface area contributed by atoms with Gasteiger partial charge < -0.3 is 10.1 Å². The van der Waals surface area contributed by atoms with Gasteiger partial charge in [0.25, 0.3) is 5.91 Å². The molecule has 0 radical (unpaired) electrons. The number of anilines is 2. The van der Waals surface area contributed by atoms with Crippen molar-refractivity contribution in [2.75, 3.05) is 16.8 Å². The Bertz CT molecular complexity index is 768. The molecule has 7 nitrogen and oxygen atoms in total. The van der Waals surface area contributed by atoms with Crippen LogP contribution in [0.15, 0.2) is 30.3 Å². The highest BCUT2D eigenvalue weighted by Gasteiger charge is 2.32. The van der Waals surface area contributed by atoms with E-state index in [0.717, 1.165) is 5.69 Å². The van der Waals surface area contributed by atoms with E-state index < -0.39 is 6.10 Å². The largest absolute Gasteiger partial charge is 0.479 e. The zero-order valence-electron chi connectivity index (χ0n) is 13.2. The second-order valence-electron chi connectivity index (χ2n) is 5.49. The average molecular weight is 314 g/mol. The van der Waals surface area contributed by atoms with Crippen molar-refractivity contribution in [3.05, 3.63) is 36.0 Å². The van der Waals surface area contributed by atoms with Crippen LogP contribution in [0.3, 0.4) is 0 Å². The van der Waals surface area contributed by atoms with Crippen LogP contribution in [-0.4, -0.2) is 34.2 Å². The Morgan fingerprint density at radius 2 is 2.13 bits per heavy atom. The first-order valence-corrected chi connectivity index (χ1v) is 7.33. The number of nitrogens with one attached hydrogen (secondary N) is 1. The maximum atomic E-state index is 12.4. The first kappa shape index (κ1) is 15.1. The average Bonchev–Trinajstić information content (AvgIpc) is 2.81. The first-order chi connectivity index (χ1) is 11.0. The van der Waals surface area contributed by atoms with Gasteiger partial charge in [-0.1, -0.05) is 12.1 Å². The van der Waals surface area contributed by atoms with Crippen LogP contribution in [-0.2, 0) is 16.6 Å². The number of nitrogens with zero attached hydrogens (tertiary/aromatic N) is 3. The van der Waals surface area contributed by atoms with Crippen LogP contribution in [0.2, 0.25) is 0 Å². The fraction of sp³-hybridized carbons (Fsp3) is 0.312. The van der Waals surface area contributed by atoms with Gasteiger partial charge in [0.15, 0.2) is 6.10 Å². The molecule has 0 fully saturated rings. The Morgan fingerprint density at radius 3 is 2.83 bits per heavy atom. The lowest BCUT2D eigenvalue weighted by Crippen LogP contribution is -2.47. The molecule has 0 spiro atoms. The molecule has 0 aliphatic carbocycles. The number of para-hydroxylation sites is 2. The minimum Gasteiger partial charge on any atom is -0.479 e. The number of fused-ring (bicyclic) bond motifs is 1. The first-order valence-electron chi connectivity index (χ1n) is 7.33. The van der Waals surface area contributed by atoms with E-state index in [9.17, 15) is 9.59 Å². The van der Waals surface area contributed by atoms with Crippen LogP contribution < -0.4 is 15.0 Å². The fourth-order valence-corrected chi connectivity index (χ4v) is 2.58. The van der Waals surface area contributed by atoms with Gasteiger partial charge in [0, 0.05) is 13.1 Å². The summed E-state index contributed by atoms with van der Waals surface area (Å²) < 4.78 is 7.15. The van der Waals surface area contributed by atoms with Gasteiger partial charge in [0.1, 0.15) is 18.1 Å². The van der Waals surface area contributed by atoms with E-state index in [0.29, 0.717) is 17.3 Å². The van der Waals surface area contributed by atoms with Crippen molar-refractivity contribution in [2.24, 2.45) is 7.05 Å². The summed E-state index contributed by atoms with van der Waals surface area (Å²) >= 11 is 0. The SMILES string of the molecule is Cc1cc(NC(=O)CN2C(=O)C(C)Oc3ccccc32)n(C)n1. The van der Waals surface area contributed by atoms with Gasteiger partial charge in [-0.05, 0) is 26.0 Å². The molecule has 1 aromatic carbocycles. The van der Waals surface area contributed by atoms with E-state index in [1.165, 1.54) is 4.90 Å². The minimum atomic E-state index is -0.614. The Hall–Kier alpha value is -2.83. The van der Waals surface area contributed by atoms with E-state index in [-0.39, 0.29) is 18.4 Å². The fourth-order valence-electron chi connectivity index (χ4n) is 2.58. The van der Waals surface area contributed by atoms with Crippen LogP contribution in [0.1, 0.15) is 12.6 Å². The monoisotopic (exact) mass is 314 g/mol. The minimum absolute atomic E-state index is 0.0756. The molecule has 7 heteroatoms. The summed E-state index contributed by atoms with van der Waals surface area (Å²) in [5.41, 5.74) is 1.41. The van der Waals surface area contributed by atoms with Crippen LogP contribution in [0, 0.1) is 6.92 Å². The number of hydrogen-bond acceptors (Lipinski definition) is 4. The summed E-state index contributed by atoms with van der Waals surface area (Å²) in [7, 11) is 1.75. The smallest absolute Gasteiger partial charge is 0.268 e. The molecule has 0 bridgehead atoms. The molecule has 2 amide bonds. The highest BCUT2D eigenvalue weighted by atomic mass is 16.5. The van der Waals surface area contributed by atoms with Gasteiger partial charge >= 0.3 is 0 Å². The Labute approximate surface area is 133 Å². The number of carbonyl (C=O) groups excluding carboxylic acids is 2. The van der Waals surface area contributed by atoms with Crippen molar-refractivity contribution in [3.8, 4) is 5.75 Å². The maximum absolute atomic E-state index is 12.4. The summed E-state index contributed by atoms with van der Waals surface area (Å²) in [5.74, 6) is 0.670. The van der Waals surface area contributed by atoms with Crippen LogP contribution in [0.25, 0.3) is 0 Å². The van der Waals surface area contributed by atoms with Crippen molar-refractivity contribution >= 4 is 23.3 Å². The third kappa shape index (κ3) is 2.90. The molecule has 0 saturated carbocycles. The number of hydrogen-bond donors (Lipinski definition) is 1. The van der Waals surface area contributed by atoms with Gasteiger partial charge in [0.2, 0.25) is 5.91 Å². The predicted molar refractivity (Wildman–Crippen MR) is 85.5 cm³/mol. The number of aryl methyl sites for hydroxylation is 2. The Kier molecular flexibility index (Phi) is 3.77. The second-order valence-corrected chi connectivity index (χ2v) is 5.49. The molecular formula is C16H18N4O3. The second kappa shape index (κ2) is 5.75. The zero-order chi connectivity index (χ0) is 16.6. The predicted octanol–water partition coefficient (Wildman–Crippen LogP) is 1.48. The van der Waals surface area contributed by atoms with Crippen LogP contribution in [0.5, 0.6) is 5.75 Å². The van der Waals surface area contributed by atoms with E-state index in [4.69, 9.17) is 4.74 Å². The van der Waals surface area contributed by atoms with Crippen molar-refractivity contribution in [3.63, 3.8) is 0 Å². The lowest BCUT2D eigenvalue weighted by Gasteiger charge is -2.32. The molecule has 1 aromatic heterocycles. The summed E-state index contributed by atoms with van der Waals surface area (Å²) in [4.78, 5) is 26.1. The lowest BCUT2D eigenvalue weighted by molar-refractivity contribution is -0.127. The highest BCUT2D eigenvalue weighted by molar-refractivity contribution is 6.05. The molecule has 2 heterocycles. The van der Waals surface area contributed by atoms with Gasteiger partial charge in [-0.25, -0.2) is 0 Å². The summed E-state index contributed by atoms with van der Waals surface area (Å²) in [6.07, 6.45) is -0.614. The number of carbonyl (C=O) groups is 2. The van der Waals surface area contributed by atoms with Crippen LogP contribution in [0.4, 0.5) is 11.5 Å². The van der Waals surface area contributed by atoms with Crippen molar-refractivity contribution < 1.29 is 14.3 Å². The van der Waals surface area contributed by atoms with E-state index >= 15 is 0 Å². The number of benzene rings is 1. The van der Waals surface area contributed by atoms with E-state index in [2.05, 4.69) is 10.4 Å². The highest BCUT2D eigenvalue weighted by Crippen LogP contribution is 2.33. The van der Waals surface area contributed by atoms with E-state index in [1.54, 1.807) is 42.9 Å². The van der Waals surface area contributed by atoms with Crippen molar-refractivity contribution in [2.45, 2.75) is 20.0 Å². The molecule has 23 heavy (non-hydrogen) atoms. The molecule has 120 valence electrons. The van der Waals surface area contributed by atoms with E-state index in [1.807, 2.05) is 13.0 Å². The van der Waals surface area contributed by atoms with Crippen molar-refractivity contribution in [1.29, 1.82) is 0 Å². The topological polar surface area (TPSA) is 76.5 Å². The molecule has 1 unspecified atom stereocenters. The summed E-state index contributed by atoms with van der Waals surface area (Å²) in [5, 5.41) is 6.95. The quantitative estimate of drug-likeness (QED) is 0.931. The molecule has 1 aliphatic heterocycles. The zero-order valence-corrected chi connectivity index (χ0v) is 13.2. The van der Waals surface area contributed by atoms with Crippen LogP contribution >= 0.6 is 0 Å². The molecule has 2 aromatic rings. The lowest BCUT2D eigenvalue weighted by atomic mass is 10.2. The number of rotatable bonds is 3. The standard InChI is InChI=1S/C16H18N4O3/c1-10-8-14(19(3)18-10)17-15(21)9-20-12-6-4-5-7-13(12)23-11(2)16(20)22/h4-8,11H,9H2,1-3H3,(H,17,21). The van der Waals surface area contributed by atoms with Crippen molar-refractivity contribution in [1.82, 2.24) is 9.78 Å². The number of ether oxygens (including phenoxy) is 1. The molecule has 0 saturated heterocycles. The summed E-state index contributed by atoms with van der Waals surface area (Å²) in [6.45, 7) is 3.44. The Morgan fingerprint density at radius 1 is 1.39 bits per heavy atom. The normalized spacial score (nSPS) is 16.7. The number of amides is 2. The summed E-state index contributed by atoms with van der Waals surface area (Å²) in [6, 6.07) is 8.96. The third-order valence-corrected chi connectivity index (χ3v) is 3.64. The van der Waals surface area contributed by atoms with Gasteiger partial charge in [-0.3, -0.25) is 19.2 Å². The molecule has 1 aliphatic rings. The van der Waals surface area contributed by atoms with Gasteiger partial charge in [-0.2, -0.15) is 5.10 Å². The third-order valence-electron chi connectivity index (χ3n) is 3.64. The molecule has 1 N–H and O–H groups in total. The van der Waals surface area contributed by atoms with Gasteiger partial charge in [-0.15, -0.1) is 0 Å². The van der Waals surface area contributed by atoms with Gasteiger partial charge in [0.05, 0.1) is 11.4 Å². The number of aromatic nitrogens is 2. The molecular weight excluding hydrogens is 296 g/mol.